The van der Waals surface area contributed by atoms with Gasteiger partial charge in [-0.25, -0.2) is 17.5 Å². The van der Waals surface area contributed by atoms with E-state index >= 15 is 0 Å². The number of nitrogens with one attached hydrogen (secondary N) is 2. The number of fused-ring (bicyclic) bond motifs is 1. The zero-order valence-corrected chi connectivity index (χ0v) is 20.1. The highest BCUT2D eigenvalue weighted by molar-refractivity contribution is 7.88. The van der Waals surface area contributed by atoms with Crippen LogP contribution in [0.1, 0.15) is 39.2 Å². The van der Waals surface area contributed by atoms with Crippen LogP contribution >= 0.6 is 0 Å². The highest BCUT2D eigenvalue weighted by atomic mass is 32.2. The number of benzene rings is 1. The molecular weight excluding hydrogens is 443 g/mol. The first-order chi connectivity index (χ1) is 15.4. The van der Waals surface area contributed by atoms with E-state index in [0.29, 0.717) is 31.5 Å². The third-order valence-corrected chi connectivity index (χ3v) is 6.76. The molecule has 1 aliphatic rings. The van der Waals surface area contributed by atoms with Gasteiger partial charge in [-0.2, -0.15) is 0 Å². The monoisotopic (exact) mass is 472 g/mol. The van der Waals surface area contributed by atoms with Crippen molar-refractivity contribution in [1.29, 1.82) is 0 Å². The maximum Gasteiger partial charge on any atom is 0.256 e. The van der Waals surface area contributed by atoms with Gasteiger partial charge < -0.3 is 9.88 Å². The van der Waals surface area contributed by atoms with Crippen molar-refractivity contribution in [3.63, 3.8) is 0 Å². The maximum absolute atomic E-state index is 13.9. The average Bonchev–Trinajstić information content (AvgIpc) is 2.73. The van der Waals surface area contributed by atoms with Crippen LogP contribution in [0.3, 0.4) is 0 Å². The Morgan fingerprint density at radius 2 is 1.85 bits per heavy atom. The van der Waals surface area contributed by atoms with Crippen LogP contribution in [0.25, 0.3) is 22.0 Å². The fourth-order valence-electron chi connectivity index (χ4n) is 4.37. The summed E-state index contributed by atoms with van der Waals surface area (Å²) in [5, 5.41) is 0.870. The Kier molecular flexibility index (Phi) is 6.05. The first-order valence-electron chi connectivity index (χ1n) is 11.0. The van der Waals surface area contributed by atoms with Gasteiger partial charge >= 0.3 is 0 Å². The van der Waals surface area contributed by atoms with Gasteiger partial charge in [0, 0.05) is 36.3 Å². The molecule has 1 aliphatic heterocycles. The Bertz CT molecular complexity index is 1350. The summed E-state index contributed by atoms with van der Waals surface area (Å²) in [4.78, 5) is 21.8. The molecule has 3 aromatic rings. The number of piperidine rings is 1. The summed E-state index contributed by atoms with van der Waals surface area (Å²) in [6.07, 6.45) is 5.49. The number of nitrogens with zero attached hydrogens (tertiary/aromatic N) is 2. The Labute approximate surface area is 193 Å². The fourth-order valence-corrected chi connectivity index (χ4v) is 5.21. The molecule has 2 aromatic heterocycles. The maximum atomic E-state index is 13.9. The Balaban J connectivity index is 1.74. The van der Waals surface area contributed by atoms with Gasteiger partial charge in [-0.1, -0.05) is 20.8 Å². The minimum Gasteiger partial charge on any atom is -0.370 e. The molecule has 7 nitrogen and oxygen atoms in total. The van der Waals surface area contributed by atoms with Gasteiger partial charge in [-0.3, -0.25) is 9.78 Å². The molecule has 0 unspecified atom stereocenters. The van der Waals surface area contributed by atoms with E-state index in [1.54, 1.807) is 0 Å². The highest BCUT2D eigenvalue weighted by Gasteiger charge is 2.24. The summed E-state index contributed by atoms with van der Waals surface area (Å²) >= 11 is 0. The minimum absolute atomic E-state index is 0.0662. The summed E-state index contributed by atoms with van der Waals surface area (Å²) < 4.78 is 39.6. The normalized spacial score (nSPS) is 15.8. The van der Waals surface area contributed by atoms with Crippen molar-refractivity contribution in [2.24, 2.45) is 0 Å². The molecule has 2 N–H and O–H groups in total. The van der Waals surface area contributed by atoms with Crippen LogP contribution in [0.2, 0.25) is 0 Å². The topological polar surface area (TPSA) is 95.2 Å². The Morgan fingerprint density at radius 3 is 2.48 bits per heavy atom. The second kappa shape index (κ2) is 8.53. The molecule has 3 heterocycles. The van der Waals surface area contributed by atoms with E-state index in [4.69, 9.17) is 4.98 Å². The SMILES string of the molecule is CC(C)(C)c1cc(-c2cc(F)c[nH]c2=O)cc2cc(N3CCC(NS(C)(=O)=O)CC3)cnc12. The molecule has 0 saturated carbocycles. The minimum atomic E-state index is -3.23. The standard InChI is InChI=1S/C24H29FN4O3S/c1-24(2,3)21-11-15(20-12-17(25)13-27-23(20)30)9-16-10-19(14-26-22(16)21)29-7-5-18(6-8-29)28-33(4,31)32/h9-14,18,28H,5-8H2,1-4H3,(H,27,30). The average molecular weight is 473 g/mol. The molecule has 1 fully saturated rings. The van der Waals surface area contributed by atoms with E-state index in [-0.39, 0.29) is 22.6 Å². The fraction of sp³-hybridized carbons (Fsp3) is 0.417. The summed E-state index contributed by atoms with van der Waals surface area (Å²) in [6.45, 7) is 7.65. The molecule has 0 amide bonds. The predicted octanol–water partition coefficient (Wildman–Crippen LogP) is 3.54. The van der Waals surface area contributed by atoms with Crippen LogP contribution in [0.4, 0.5) is 10.1 Å². The van der Waals surface area contributed by atoms with Crippen LogP contribution in [0.5, 0.6) is 0 Å². The Hall–Kier alpha value is -2.78. The zero-order valence-electron chi connectivity index (χ0n) is 19.3. The van der Waals surface area contributed by atoms with Gasteiger partial charge in [0.1, 0.15) is 5.82 Å². The lowest BCUT2D eigenvalue weighted by Gasteiger charge is -2.33. The zero-order chi connectivity index (χ0) is 24.0. The summed E-state index contributed by atoms with van der Waals surface area (Å²) in [7, 11) is -3.23. The van der Waals surface area contributed by atoms with Crippen LogP contribution in [0, 0.1) is 5.82 Å². The first-order valence-corrected chi connectivity index (χ1v) is 12.8. The van der Waals surface area contributed by atoms with Crippen molar-refractivity contribution in [2.45, 2.75) is 45.1 Å². The van der Waals surface area contributed by atoms with E-state index in [9.17, 15) is 17.6 Å². The third kappa shape index (κ3) is 5.25. The van der Waals surface area contributed by atoms with Gasteiger partial charge in [0.25, 0.3) is 5.56 Å². The molecule has 33 heavy (non-hydrogen) atoms. The largest absolute Gasteiger partial charge is 0.370 e. The molecule has 9 heteroatoms. The van der Waals surface area contributed by atoms with Crippen molar-refractivity contribution < 1.29 is 12.8 Å². The van der Waals surface area contributed by atoms with E-state index in [0.717, 1.165) is 28.4 Å². The van der Waals surface area contributed by atoms with Gasteiger partial charge in [-0.15, -0.1) is 0 Å². The van der Waals surface area contributed by atoms with Crippen LogP contribution in [0.15, 0.2) is 41.5 Å². The van der Waals surface area contributed by atoms with Crippen molar-refractivity contribution in [3.05, 3.63) is 58.4 Å². The van der Waals surface area contributed by atoms with E-state index < -0.39 is 15.8 Å². The number of H-pyrrole nitrogens is 1. The first kappa shape index (κ1) is 23.4. The lowest BCUT2D eigenvalue weighted by atomic mass is 9.83. The predicted molar refractivity (Wildman–Crippen MR) is 130 cm³/mol. The molecule has 1 saturated heterocycles. The summed E-state index contributed by atoms with van der Waals surface area (Å²) in [5.41, 5.74) is 3.09. The molecule has 1 aromatic carbocycles. The summed E-state index contributed by atoms with van der Waals surface area (Å²) in [5.74, 6) is -0.501. The lowest BCUT2D eigenvalue weighted by molar-refractivity contribution is 0.461. The number of pyridine rings is 2. The number of aromatic nitrogens is 2. The molecule has 0 atom stereocenters. The Morgan fingerprint density at radius 1 is 1.15 bits per heavy atom. The van der Waals surface area contributed by atoms with Crippen LogP contribution < -0.4 is 15.2 Å². The molecule has 4 rings (SSSR count). The van der Waals surface area contributed by atoms with Gasteiger partial charge in [-0.05, 0) is 53.6 Å². The second-order valence-electron chi connectivity index (χ2n) is 9.75. The molecule has 0 bridgehead atoms. The number of anilines is 1. The highest BCUT2D eigenvalue weighted by Crippen LogP contribution is 2.35. The van der Waals surface area contributed by atoms with Crippen LogP contribution in [-0.4, -0.2) is 43.8 Å². The van der Waals surface area contributed by atoms with E-state index in [1.165, 1.54) is 12.3 Å². The van der Waals surface area contributed by atoms with Crippen molar-refractivity contribution >= 4 is 26.6 Å². The van der Waals surface area contributed by atoms with Crippen LogP contribution in [-0.2, 0) is 15.4 Å². The van der Waals surface area contributed by atoms with Gasteiger partial charge in [0.2, 0.25) is 10.0 Å². The number of rotatable bonds is 4. The van der Waals surface area contributed by atoms with Gasteiger partial charge in [0.05, 0.1) is 23.7 Å². The second-order valence-corrected chi connectivity index (χ2v) is 11.5. The molecule has 176 valence electrons. The number of aromatic amines is 1. The lowest BCUT2D eigenvalue weighted by Crippen LogP contribution is -2.44. The van der Waals surface area contributed by atoms with E-state index in [2.05, 4.69) is 35.4 Å². The quantitative estimate of drug-likeness (QED) is 0.606. The van der Waals surface area contributed by atoms with Gasteiger partial charge in [0.15, 0.2) is 0 Å². The molecule has 0 spiro atoms. The van der Waals surface area contributed by atoms with Crippen molar-refractivity contribution in [1.82, 2.24) is 14.7 Å². The number of hydrogen-bond donors (Lipinski definition) is 2. The van der Waals surface area contributed by atoms with E-state index in [1.807, 2.05) is 24.4 Å². The molecular formula is C24H29FN4O3S. The summed E-state index contributed by atoms with van der Waals surface area (Å²) in [6, 6.07) is 7.02. The number of hydrogen-bond acceptors (Lipinski definition) is 5. The third-order valence-electron chi connectivity index (χ3n) is 6.00. The van der Waals surface area contributed by atoms with Crippen molar-refractivity contribution in [3.8, 4) is 11.1 Å². The molecule has 0 radical (unpaired) electrons. The van der Waals surface area contributed by atoms with Crippen molar-refractivity contribution in [2.75, 3.05) is 24.2 Å². The number of halogens is 1. The smallest absolute Gasteiger partial charge is 0.256 e. The molecule has 0 aliphatic carbocycles. The number of sulfonamides is 1.